The first-order valence-electron chi connectivity index (χ1n) is 4.78. The molecule has 0 aliphatic heterocycles. The molecule has 0 saturated carbocycles. The van der Waals surface area contributed by atoms with Crippen LogP contribution < -0.4 is 5.56 Å². The SMILES string of the molecule is Cc1c(Cl)[nH]n2c(=O)cc(C(C)C)nc12. The van der Waals surface area contributed by atoms with E-state index in [4.69, 9.17) is 11.6 Å². The van der Waals surface area contributed by atoms with E-state index in [1.807, 2.05) is 20.8 Å². The van der Waals surface area contributed by atoms with Crippen LogP contribution in [0.5, 0.6) is 0 Å². The number of halogens is 1. The predicted molar refractivity (Wildman–Crippen MR) is 59.6 cm³/mol. The maximum Gasteiger partial charge on any atom is 0.272 e. The molecular formula is C10H12ClN3O. The van der Waals surface area contributed by atoms with Crippen molar-refractivity contribution in [2.45, 2.75) is 26.7 Å². The van der Waals surface area contributed by atoms with Crippen LogP contribution in [0.1, 0.15) is 31.0 Å². The molecule has 0 spiro atoms. The zero-order valence-electron chi connectivity index (χ0n) is 8.84. The fourth-order valence-corrected chi connectivity index (χ4v) is 1.60. The molecule has 0 saturated heterocycles. The quantitative estimate of drug-likeness (QED) is 0.808. The lowest BCUT2D eigenvalue weighted by Gasteiger charge is -2.03. The molecule has 80 valence electrons. The summed E-state index contributed by atoms with van der Waals surface area (Å²) in [6.45, 7) is 5.84. The zero-order valence-corrected chi connectivity index (χ0v) is 9.59. The molecule has 0 atom stereocenters. The first kappa shape index (κ1) is 10.2. The maximum absolute atomic E-state index is 11.7. The molecule has 0 radical (unpaired) electrons. The van der Waals surface area contributed by atoms with E-state index in [0.29, 0.717) is 10.8 Å². The van der Waals surface area contributed by atoms with Crippen molar-refractivity contribution in [3.8, 4) is 0 Å². The van der Waals surface area contributed by atoms with E-state index in [9.17, 15) is 4.79 Å². The molecule has 15 heavy (non-hydrogen) atoms. The second-order valence-corrected chi connectivity index (χ2v) is 4.26. The molecule has 2 aromatic rings. The molecule has 2 aromatic heterocycles. The average Bonchev–Trinajstić information content (AvgIpc) is 2.45. The number of H-pyrrole nitrogens is 1. The average molecular weight is 226 g/mol. The van der Waals surface area contributed by atoms with Crippen LogP contribution in [0.2, 0.25) is 5.15 Å². The van der Waals surface area contributed by atoms with E-state index in [-0.39, 0.29) is 11.5 Å². The zero-order chi connectivity index (χ0) is 11.2. The third kappa shape index (κ3) is 1.55. The molecule has 0 unspecified atom stereocenters. The van der Waals surface area contributed by atoms with Crippen LogP contribution in [-0.2, 0) is 0 Å². The second kappa shape index (κ2) is 3.38. The molecular weight excluding hydrogens is 214 g/mol. The number of hydrogen-bond acceptors (Lipinski definition) is 2. The lowest BCUT2D eigenvalue weighted by Crippen LogP contribution is -2.16. The van der Waals surface area contributed by atoms with Crippen molar-refractivity contribution < 1.29 is 0 Å². The van der Waals surface area contributed by atoms with Crippen LogP contribution in [-0.4, -0.2) is 14.6 Å². The number of nitrogens with zero attached hydrogens (tertiary/aromatic N) is 2. The van der Waals surface area contributed by atoms with Gasteiger partial charge in [-0.15, -0.1) is 0 Å². The van der Waals surface area contributed by atoms with Crippen molar-refractivity contribution in [3.05, 3.63) is 32.8 Å². The summed E-state index contributed by atoms with van der Waals surface area (Å²) in [5, 5.41) is 3.23. The van der Waals surface area contributed by atoms with E-state index in [1.54, 1.807) is 0 Å². The van der Waals surface area contributed by atoms with Gasteiger partial charge in [0.05, 0.1) is 5.69 Å². The summed E-state index contributed by atoms with van der Waals surface area (Å²) in [4.78, 5) is 16.1. The van der Waals surface area contributed by atoms with Crippen LogP contribution >= 0.6 is 11.6 Å². The lowest BCUT2D eigenvalue weighted by atomic mass is 10.1. The Morgan fingerprint density at radius 1 is 1.53 bits per heavy atom. The van der Waals surface area contributed by atoms with Gasteiger partial charge in [0, 0.05) is 11.6 Å². The Bertz CT molecular complexity index is 568. The highest BCUT2D eigenvalue weighted by Crippen LogP contribution is 2.18. The highest BCUT2D eigenvalue weighted by molar-refractivity contribution is 6.30. The number of aromatic amines is 1. The first-order valence-corrected chi connectivity index (χ1v) is 5.16. The molecule has 0 aliphatic carbocycles. The standard InChI is InChI=1S/C10H12ClN3O/c1-5(2)7-4-8(15)14-10(12-7)6(3)9(11)13-14/h4-5,13H,1-3H3. The van der Waals surface area contributed by atoms with Crippen molar-refractivity contribution in [1.29, 1.82) is 0 Å². The lowest BCUT2D eigenvalue weighted by molar-refractivity contribution is 0.796. The number of fused-ring (bicyclic) bond motifs is 1. The largest absolute Gasteiger partial charge is 0.278 e. The molecule has 2 rings (SSSR count). The van der Waals surface area contributed by atoms with Gasteiger partial charge in [0.1, 0.15) is 5.15 Å². The van der Waals surface area contributed by atoms with Crippen LogP contribution in [0, 0.1) is 6.92 Å². The molecule has 0 amide bonds. The fourth-order valence-electron chi connectivity index (χ4n) is 1.44. The van der Waals surface area contributed by atoms with Crippen molar-refractivity contribution in [3.63, 3.8) is 0 Å². The normalized spacial score (nSPS) is 11.5. The van der Waals surface area contributed by atoms with Crippen molar-refractivity contribution in [2.75, 3.05) is 0 Å². The number of rotatable bonds is 1. The van der Waals surface area contributed by atoms with Crippen molar-refractivity contribution >= 4 is 17.2 Å². The predicted octanol–water partition coefficient (Wildman–Crippen LogP) is 2.11. The minimum Gasteiger partial charge on any atom is -0.278 e. The van der Waals surface area contributed by atoms with Gasteiger partial charge in [-0.3, -0.25) is 9.89 Å². The third-order valence-corrected chi connectivity index (χ3v) is 2.77. The van der Waals surface area contributed by atoms with Gasteiger partial charge in [-0.05, 0) is 12.8 Å². The van der Waals surface area contributed by atoms with E-state index in [0.717, 1.165) is 11.3 Å². The van der Waals surface area contributed by atoms with Gasteiger partial charge < -0.3 is 0 Å². The van der Waals surface area contributed by atoms with Gasteiger partial charge in [0.15, 0.2) is 5.65 Å². The number of hydrogen-bond donors (Lipinski definition) is 1. The summed E-state index contributed by atoms with van der Waals surface area (Å²) < 4.78 is 1.36. The number of aromatic nitrogens is 3. The Kier molecular flexibility index (Phi) is 2.31. The van der Waals surface area contributed by atoms with Gasteiger partial charge in [-0.1, -0.05) is 25.4 Å². The van der Waals surface area contributed by atoms with E-state index in [2.05, 4.69) is 10.1 Å². The van der Waals surface area contributed by atoms with Crippen LogP contribution in [0.4, 0.5) is 0 Å². The number of aryl methyl sites for hydroxylation is 1. The van der Waals surface area contributed by atoms with Gasteiger partial charge >= 0.3 is 0 Å². The van der Waals surface area contributed by atoms with Gasteiger partial charge in [0.25, 0.3) is 5.56 Å². The molecule has 2 heterocycles. The summed E-state index contributed by atoms with van der Waals surface area (Å²) in [5.74, 6) is 0.232. The van der Waals surface area contributed by atoms with E-state index in [1.165, 1.54) is 10.6 Å². The molecule has 1 N–H and O–H groups in total. The summed E-state index contributed by atoms with van der Waals surface area (Å²) in [5.41, 5.74) is 2.07. The summed E-state index contributed by atoms with van der Waals surface area (Å²) >= 11 is 5.90. The summed E-state index contributed by atoms with van der Waals surface area (Å²) in [7, 11) is 0. The minimum atomic E-state index is -0.126. The van der Waals surface area contributed by atoms with Crippen molar-refractivity contribution in [2.24, 2.45) is 0 Å². The van der Waals surface area contributed by atoms with Crippen LogP contribution in [0.25, 0.3) is 5.65 Å². The molecule has 0 aromatic carbocycles. The Morgan fingerprint density at radius 2 is 2.20 bits per heavy atom. The van der Waals surface area contributed by atoms with Gasteiger partial charge in [-0.25, -0.2) is 9.50 Å². The van der Waals surface area contributed by atoms with Crippen molar-refractivity contribution in [1.82, 2.24) is 14.6 Å². The molecule has 0 bridgehead atoms. The molecule has 0 fully saturated rings. The highest BCUT2D eigenvalue weighted by Gasteiger charge is 2.11. The minimum absolute atomic E-state index is 0.126. The van der Waals surface area contributed by atoms with Gasteiger partial charge in [0.2, 0.25) is 0 Å². The topological polar surface area (TPSA) is 50.2 Å². The first-order chi connectivity index (χ1) is 7.00. The third-order valence-electron chi connectivity index (χ3n) is 2.40. The summed E-state index contributed by atoms with van der Waals surface area (Å²) in [6, 6.07) is 1.53. The Balaban J connectivity index is 2.86. The maximum atomic E-state index is 11.7. The summed E-state index contributed by atoms with van der Waals surface area (Å²) in [6.07, 6.45) is 0. The number of nitrogens with one attached hydrogen (secondary N) is 1. The molecule has 0 aliphatic rings. The van der Waals surface area contributed by atoms with E-state index < -0.39 is 0 Å². The Labute approximate surface area is 91.9 Å². The Morgan fingerprint density at radius 3 is 2.80 bits per heavy atom. The van der Waals surface area contributed by atoms with Crippen LogP contribution in [0.15, 0.2) is 10.9 Å². The highest BCUT2D eigenvalue weighted by atomic mass is 35.5. The second-order valence-electron chi connectivity index (χ2n) is 3.88. The molecule has 5 heteroatoms. The molecule has 4 nitrogen and oxygen atoms in total. The fraction of sp³-hybridized carbons (Fsp3) is 0.400. The van der Waals surface area contributed by atoms with E-state index >= 15 is 0 Å². The van der Waals surface area contributed by atoms with Crippen LogP contribution in [0.3, 0.4) is 0 Å². The van der Waals surface area contributed by atoms with Gasteiger partial charge in [-0.2, -0.15) is 0 Å². The smallest absolute Gasteiger partial charge is 0.272 e. The Hall–Kier alpha value is -1.29. The monoisotopic (exact) mass is 225 g/mol.